The van der Waals surface area contributed by atoms with Gasteiger partial charge in [-0.05, 0) is 17.7 Å². The third-order valence-electron chi connectivity index (χ3n) is 4.11. The summed E-state index contributed by atoms with van der Waals surface area (Å²) in [6, 6.07) is 5.75. The summed E-state index contributed by atoms with van der Waals surface area (Å²) in [7, 11) is 4.03. The Bertz CT molecular complexity index is 660. The van der Waals surface area contributed by atoms with Crippen molar-refractivity contribution >= 4 is 23.8 Å². The molecule has 0 spiro atoms. The number of carboxylic acid groups (broad SMARTS) is 1. The number of urea groups is 1. The molecule has 1 atom stereocenters. The highest BCUT2D eigenvalue weighted by atomic mass is 16.5. The molecule has 1 fully saturated rings. The van der Waals surface area contributed by atoms with Crippen LogP contribution in [0, 0.1) is 5.92 Å². The fraction of sp³-hybridized carbons (Fsp3) is 0.375. The van der Waals surface area contributed by atoms with Crippen LogP contribution in [0.2, 0.25) is 0 Å². The molecule has 1 heterocycles. The second-order valence-electron chi connectivity index (χ2n) is 5.53. The zero-order chi connectivity index (χ0) is 18.0. The van der Waals surface area contributed by atoms with Gasteiger partial charge in [-0.15, -0.1) is 0 Å². The van der Waals surface area contributed by atoms with E-state index in [1.54, 1.807) is 24.3 Å². The van der Waals surface area contributed by atoms with Crippen LogP contribution in [0.1, 0.15) is 17.9 Å². The maximum Gasteiger partial charge on any atom is 0.332 e. The molecule has 1 aromatic rings. The van der Waals surface area contributed by atoms with Gasteiger partial charge in [0.05, 0.1) is 13.5 Å². The molecule has 128 valence electrons. The number of aliphatic carboxylic acids is 1. The number of carbonyl (C=O) groups is 4. The lowest BCUT2D eigenvalue weighted by molar-refractivity contribution is -0.149. The van der Waals surface area contributed by atoms with Crippen LogP contribution in [0.3, 0.4) is 0 Å². The van der Waals surface area contributed by atoms with Gasteiger partial charge in [-0.3, -0.25) is 24.2 Å². The van der Waals surface area contributed by atoms with Crippen molar-refractivity contribution in [2.24, 2.45) is 5.92 Å². The Morgan fingerprint density at radius 3 is 2.04 bits per heavy atom. The Morgan fingerprint density at radius 1 is 1.12 bits per heavy atom. The number of carbonyl (C=O) groups excluding carboxylic acids is 3. The maximum absolute atomic E-state index is 12.5. The number of barbiturate groups is 1. The second-order valence-corrected chi connectivity index (χ2v) is 5.53. The van der Waals surface area contributed by atoms with Crippen LogP contribution in [0.5, 0.6) is 5.75 Å². The number of methoxy groups -OCH3 is 1. The molecule has 1 saturated heterocycles. The Hall–Kier alpha value is -2.90. The molecule has 1 N–H and O–H groups in total. The van der Waals surface area contributed by atoms with E-state index in [-0.39, 0.29) is 0 Å². The first-order chi connectivity index (χ1) is 11.3. The van der Waals surface area contributed by atoms with Gasteiger partial charge in [0.2, 0.25) is 11.8 Å². The Labute approximate surface area is 138 Å². The summed E-state index contributed by atoms with van der Waals surface area (Å²) in [5.74, 6) is -4.12. The first kappa shape index (κ1) is 17.5. The molecular formula is C16H18N2O6. The quantitative estimate of drug-likeness (QED) is 0.803. The molecule has 0 saturated carbocycles. The van der Waals surface area contributed by atoms with Gasteiger partial charge in [0, 0.05) is 20.0 Å². The third kappa shape index (κ3) is 3.08. The van der Waals surface area contributed by atoms with Gasteiger partial charge in [0.15, 0.2) is 0 Å². The van der Waals surface area contributed by atoms with Crippen LogP contribution in [0.25, 0.3) is 0 Å². The molecule has 0 aromatic heterocycles. The highest BCUT2D eigenvalue weighted by Crippen LogP contribution is 2.34. The minimum absolute atomic E-state index is 0.412. The number of hydrogen-bond donors (Lipinski definition) is 1. The normalized spacial score (nSPS) is 17.2. The molecule has 0 bridgehead atoms. The summed E-state index contributed by atoms with van der Waals surface area (Å²) in [4.78, 5) is 49.7. The van der Waals surface area contributed by atoms with E-state index in [2.05, 4.69) is 0 Å². The van der Waals surface area contributed by atoms with E-state index in [9.17, 15) is 24.3 Å². The predicted molar refractivity (Wildman–Crippen MR) is 82.4 cm³/mol. The fourth-order valence-electron chi connectivity index (χ4n) is 2.75. The highest BCUT2D eigenvalue weighted by molar-refractivity contribution is 6.16. The van der Waals surface area contributed by atoms with E-state index >= 15 is 0 Å². The lowest BCUT2D eigenvalue weighted by Gasteiger charge is -2.36. The van der Waals surface area contributed by atoms with Gasteiger partial charge in [0.1, 0.15) is 11.7 Å². The van der Waals surface area contributed by atoms with Crippen molar-refractivity contribution in [2.45, 2.75) is 12.3 Å². The molecular weight excluding hydrogens is 316 g/mol. The van der Waals surface area contributed by atoms with Crippen molar-refractivity contribution in [3.8, 4) is 5.75 Å². The fourth-order valence-corrected chi connectivity index (χ4v) is 2.75. The van der Waals surface area contributed by atoms with Gasteiger partial charge in [-0.2, -0.15) is 0 Å². The second kappa shape index (κ2) is 6.69. The minimum Gasteiger partial charge on any atom is -0.497 e. The summed E-state index contributed by atoms with van der Waals surface area (Å²) in [6.45, 7) is 0. The molecule has 0 unspecified atom stereocenters. The van der Waals surface area contributed by atoms with E-state index in [1.807, 2.05) is 0 Å². The Kier molecular flexibility index (Phi) is 4.87. The SMILES string of the molecule is COc1ccc([C@@H](CC(=O)O)C2C(=O)N(C)C(=O)N(C)C2=O)cc1. The first-order valence-corrected chi connectivity index (χ1v) is 7.22. The van der Waals surface area contributed by atoms with Gasteiger partial charge in [-0.1, -0.05) is 12.1 Å². The summed E-state index contributed by atoms with van der Waals surface area (Å²) >= 11 is 0. The molecule has 24 heavy (non-hydrogen) atoms. The van der Waals surface area contributed by atoms with E-state index in [4.69, 9.17) is 4.74 Å². The first-order valence-electron chi connectivity index (χ1n) is 7.22. The molecule has 0 aliphatic carbocycles. The number of imide groups is 2. The van der Waals surface area contributed by atoms with E-state index in [0.717, 1.165) is 9.80 Å². The lowest BCUT2D eigenvalue weighted by Crippen LogP contribution is -2.58. The van der Waals surface area contributed by atoms with Gasteiger partial charge < -0.3 is 9.84 Å². The van der Waals surface area contributed by atoms with Crippen LogP contribution < -0.4 is 4.74 Å². The van der Waals surface area contributed by atoms with Gasteiger partial charge >= 0.3 is 12.0 Å². The number of carboxylic acids is 1. The van der Waals surface area contributed by atoms with Crippen LogP contribution in [-0.2, 0) is 14.4 Å². The van der Waals surface area contributed by atoms with Gasteiger partial charge in [0.25, 0.3) is 0 Å². The summed E-state index contributed by atoms with van der Waals surface area (Å²) in [5.41, 5.74) is 0.515. The van der Waals surface area contributed by atoms with Crippen LogP contribution in [-0.4, -0.2) is 59.9 Å². The molecule has 1 aliphatic rings. The monoisotopic (exact) mass is 334 g/mol. The topological polar surface area (TPSA) is 104 Å². The number of hydrogen-bond acceptors (Lipinski definition) is 5. The van der Waals surface area contributed by atoms with Crippen LogP contribution in [0.4, 0.5) is 4.79 Å². The van der Waals surface area contributed by atoms with Crippen LogP contribution in [0.15, 0.2) is 24.3 Å². The van der Waals surface area contributed by atoms with E-state index < -0.39 is 42.1 Å². The summed E-state index contributed by atoms with van der Waals surface area (Å²) in [5, 5.41) is 9.19. The van der Waals surface area contributed by atoms with Gasteiger partial charge in [-0.25, -0.2) is 4.79 Å². The number of rotatable bonds is 5. The number of ether oxygens (including phenoxy) is 1. The third-order valence-corrected chi connectivity index (χ3v) is 4.11. The van der Waals surface area contributed by atoms with Crippen molar-refractivity contribution < 1.29 is 29.0 Å². The molecule has 4 amide bonds. The lowest BCUT2D eigenvalue weighted by atomic mass is 9.81. The molecule has 0 radical (unpaired) electrons. The maximum atomic E-state index is 12.5. The van der Waals surface area contributed by atoms with Crippen LogP contribution >= 0.6 is 0 Å². The minimum atomic E-state index is -1.26. The average molecular weight is 334 g/mol. The average Bonchev–Trinajstić information content (AvgIpc) is 2.57. The van der Waals surface area contributed by atoms with E-state index in [0.29, 0.717) is 11.3 Å². The predicted octanol–water partition coefficient (Wildman–Crippen LogP) is 0.920. The van der Waals surface area contributed by atoms with Crippen molar-refractivity contribution in [1.82, 2.24) is 9.80 Å². The number of nitrogens with zero attached hydrogens (tertiary/aromatic N) is 2. The van der Waals surface area contributed by atoms with Crippen molar-refractivity contribution in [1.29, 1.82) is 0 Å². The molecule has 8 heteroatoms. The number of amides is 4. The highest BCUT2D eigenvalue weighted by Gasteiger charge is 2.47. The van der Waals surface area contributed by atoms with Crippen molar-refractivity contribution in [3.05, 3.63) is 29.8 Å². The molecule has 1 aliphatic heterocycles. The summed E-state index contributed by atoms with van der Waals surface area (Å²) in [6.07, 6.45) is -0.412. The number of benzene rings is 1. The largest absolute Gasteiger partial charge is 0.497 e. The van der Waals surface area contributed by atoms with E-state index in [1.165, 1.54) is 21.2 Å². The Morgan fingerprint density at radius 2 is 1.62 bits per heavy atom. The zero-order valence-electron chi connectivity index (χ0n) is 13.6. The van der Waals surface area contributed by atoms with Crippen molar-refractivity contribution in [3.63, 3.8) is 0 Å². The summed E-state index contributed by atoms with van der Waals surface area (Å²) < 4.78 is 5.05. The smallest absolute Gasteiger partial charge is 0.332 e. The Balaban J connectivity index is 2.45. The molecule has 2 rings (SSSR count). The molecule has 8 nitrogen and oxygen atoms in total. The zero-order valence-corrected chi connectivity index (χ0v) is 13.6. The molecule has 1 aromatic carbocycles. The standard InChI is InChI=1S/C16H18N2O6/c1-17-14(21)13(15(22)18(2)16(17)23)11(8-12(19)20)9-4-6-10(24-3)7-5-9/h4-7,11,13H,8H2,1-3H3,(H,19,20)/t11-/m1/s1. The van der Waals surface area contributed by atoms with Crippen molar-refractivity contribution in [2.75, 3.05) is 21.2 Å².